The van der Waals surface area contributed by atoms with Gasteiger partial charge in [0.25, 0.3) is 0 Å². The molecule has 0 radical (unpaired) electrons. The third-order valence-electron chi connectivity index (χ3n) is 2.80. The van der Waals surface area contributed by atoms with Gasteiger partial charge in [-0.1, -0.05) is 25.1 Å². The zero-order valence-electron chi connectivity index (χ0n) is 10.4. The van der Waals surface area contributed by atoms with Gasteiger partial charge in [-0.3, -0.25) is 0 Å². The number of hydrogen-bond donors (Lipinski definition) is 1. The van der Waals surface area contributed by atoms with E-state index in [1.807, 2.05) is 19.1 Å². The molecule has 0 saturated carbocycles. The Labute approximate surface area is 110 Å². The first-order valence-corrected chi connectivity index (χ1v) is 5.90. The number of carbonyl (C=O) groups is 1. The SMILES string of the molecule is CCc1ccc(OC(=O)O)c(-c2ccc(F)cc2)c1. The largest absolute Gasteiger partial charge is 0.511 e. The molecule has 0 spiro atoms. The number of aryl methyl sites for hydroxylation is 1. The summed E-state index contributed by atoms with van der Waals surface area (Å²) in [5, 5.41) is 8.73. The molecular weight excluding hydrogens is 247 g/mol. The molecule has 1 N–H and O–H groups in total. The van der Waals surface area contributed by atoms with E-state index in [-0.39, 0.29) is 11.6 Å². The van der Waals surface area contributed by atoms with Crippen molar-refractivity contribution in [2.24, 2.45) is 0 Å². The van der Waals surface area contributed by atoms with E-state index < -0.39 is 6.16 Å². The highest BCUT2D eigenvalue weighted by Crippen LogP contribution is 2.31. The monoisotopic (exact) mass is 260 g/mol. The molecule has 0 aliphatic carbocycles. The van der Waals surface area contributed by atoms with Gasteiger partial charge in [-0.15, -0.1) is 0 Å². The molecule has 19 heavy (non-hydrogen) atoms. The smallest absolute Gasteiger partial charge is 0.449 e. The molecule has 4 heteroatoms. The fraction of sp³-hybridized carbons (Fsp3) is 0.133. The highest BCUT2D eigenvalue weighted by atomic mass is 19.1. The van der Waals surface area contributed by atoms with Crippen LogP contribution in [-0.2, 0) is 6.42 Å². The first kappa shape index (κ1) is 13.1. The van der Waals surface area contributed by atoms with Crippen LogP contribution in [0.2, 0.25) is 0 Å². The van der Waals surface area contributed by atoms with Gasteiger partial charge in [-0.25, -0.2) is 9.18 Å². The summed E-state index contributed by atoms with van der Waals surface area (Å²) in [5.74, 6) is -0.0904. The van der Waals surface area contributed by atoms with Crippen molar-refractivity contribution in [3.63, 3.8) is 0 Å². The van der Waals surface area contributed by atoms with Crippen LogP contribution in [0.1, 0.15) is 12.5 Å². The van der Waals surface area contributed by atoms with E-state index in [0.717, 1.165) is 12.0 Å². The molecule has 3 nitrogen and oxygen atoms in total. The molecule has 0 amide bonds. The van der Waals surface area contributed by atoms with Crippen molar-refractivity contribution in [3.8, 4) is 16.9 Å². The molecule has 0 saturated heterocycles. The predicted octanol–water partition coefficient (Wildman–Crippen LogP) is 4.11. The summed E-state index contributed by atoms with van der Waals surface area (Å²) >= 11 is 0. The van der Waals surface area contributed by atoms with Crippen LogP contribution in [0.4, 0.5) is 9.18 Å². The second-order valence-corrected chi connectivity index (χ2v) is 4.06. The summed E-state index contributed by atoms with van der Waals surface area (Å²) in [6, 6.07) is 11.1. The van der Waals surface area contributed by atoms with Crippen LogP contribution >= 0.6 is 0 Å². The molecule has 98 valence electrons. The van der Waals surface area contributed by atoms with E-state index in [1.165, 1.54) is 12.1 Å². The fourth-order valence-electron chi connectivity index (χ4n) is 1.84. The zero-order chi connectivity index (χ0) is 13.8. The minimum atomic E-state index is -1.37. The molecule has 0 aliphatic rings. The molecule has 2 aromatic rings. The highest BCUT2D eigenvalue weighted by molar-refractivity contribution is 5.74. The lowest BCUT2D eigenvalue weighted by atomic mass is 10.0. The number of benzene rings is 2. The van der Waals surface area contributed by atoms with Crippen LogP contribution in [0.25, 0.3) is 11.1 Å². The molecule has 0 fully saturated rings. The van der Waals surface area contributed by atoms with E-state index in [0.29, 0.717) is 11.1 Å². The Morgan fingerprint density at radius 3 is 2.47 bits per heavy atom. The molecule has 0 bridgehead atoms. The van der Waals surface area contributed by atoms with Crippen molar-refractivity contribution in [1.82, 2.24) is 0 Å². The standard InChI is InChI=1S/C15H13FO3/c1-2-10-3-8-14(19-15(17)18)13(9-10)11-4-6-12(16)7-5-11/h3-9H,2H2,1H3,(H,17,18). The topological polar surface area (TPSA) is 46.5 Å². The molecule has 2 rings (SSSR count). The molecular formula is C15H13FO3. The number of ether oxygens (including phenoxy) is 1. The maximum absolute atomic E-state index is 12.9. The van der Waals surface area contributed by atoms with Crippen molar-refractivity contribution < 1.29 is 19.0 Å². The van der Waals surface area contributed by atoms with Crippen molar-refractivity contribution in [1.29, 1.82) is 0 Å². The summed E-state index contributed by atoms with van der Waals surface area (Å²) in [7, 11) is 0. The van der Waals surface area contributed by atoms with E-state index >= 15 is 0 Å². The second kappa shape index (κ2) is 5.52. The Bertz CT molecular complexity index is 591. The molecule has 2 aromatic carbocycles. The Morgan fingerprint density at radius 1 is 1.21 bits per heavy atom. The third-order valence-corrected chi connectivity index (χ3v) is 2.80. The molecule has 0 unspecified atom stereocenters. The average molecular weight is 260 g/mol. The summed E-state index contributed by atoms with van der Waals surface area (Å²) in [5.41, 5.74) is 2.41. The van der Waals surface area contributed by atoms with Crippen molar-refractivity contribution >= 4 is 6.16 Å². The van der Waals surface area contributed by atoms with Gasteiger partial charge in [-0.2, -0.15) is 0 Å². The van der Waals surface area contributed by atoms with E-state index in [9.17, 15) is 9.18 Å². The number of rotatable bonds is 3. The van der Waals surface area contributed by atoms with Crippen molar-refractivity contribution in [3.05, 3.63) is 53.8 Å². The van der Waals surface area contributed by atoms with Crippen molar-refractivity contribution in [2.75, 3.05) is 0 Å². The minimum absolute atomic E-state index is 0.247. The lowest BCUT2D eigenvalue weighted by molar-refractivity contribution is 0.144. The van der Waals surface area contributed by atoms with Gasteiger partial charge in [-0.05, 0) is 41.8 Å². The second-order valence-electron chi connectivity index (χ2n) is 4.06. The normalized spacial score (nSPS) is 10.2. The third kappa shape index (κ3) is 3.10. The van der Waals surface area contributed by atoms with Gasteiger partial charge >= 0.3 is 6.16 Å². The number of carboxylic acid groups (broad SMARTS) is 1. The summed E-state index contributed by atoms with van der Waals surface area (Å²) < 4.78 is 17.7. The minimum Gasteiger partial charge on any atom is -0.449 e. The van der Waals surface area contributed by atoms with E-state index in [2.05, 4.69) is 0 Å². The first-order chi connectivity index (χ1) is 9.10. The van der Waals surface area contributed by atoms with Crippen LogP contribution in [0.15, 0.2) is 42.5 Å². The Morgan fingerprint density at radius 2 is 1.89 bits per heavy atom. The molecule has 0 aromatic heterocycles. The number of halogens is 1. The van der Waals surface area contributed by atoms with Gasteiger partial charge in [0, 0.05) is 5.56 Å². The predicted molar refractivity (Wildman–Crippen MR) is 69.9 cm³/mol. The van der Waals surface area contributed by atoms with Crippen LogP contribution in [-0.4, -0.2) is 11.3 Å². The quantitative estimate of drug-likeness (QED) is 0.667. The molecule has 0 aliphatic heterocycles. The lowest BCUT2D eigenvalue weighted by Crippen LogP contribution is -2.04. The van der Waals surface area contributed by atoms with Crippen molar-refractivity contribution in [2.45, 2.75) is 13.3 Å². The van der Waals surface area contributed by atoms with Crippen LogP contribution < -0.4 is 4.74 Å². The highest BCUT2D eigenvalue weighted by Gasteiger charge is 2.10. The maximum atomic E-state index is 12.9. The van der Waals surface area contributed by atoms with Gasteiger partial charge in [0.2, 0.25) is 0 Å². The van der Waals surface area contributed by atoms with Gasteiger partial charge < -0.3 is 9.84 Å². The average Bonchev–Trinajstić information content (AvgIpc) is 2.40. The van der Waals surface area contributed by atoms with E-state index in [4.69, 9.17) is 9.84 Å². The Kier molecular flexibility index (Phi) is 3.80. The van der Waals surface area contributed by atoms with Crippen LogP contribution in [0, 0.1) is 5.82 Å². The Hall–Kier alpha value is -2.36. The van der Waals surface area contributed by atoms with Gasteiger partial charge in [0.05, 0.1) is 0 Å². The van der Waals surface area contributed by atoms with Gasteiger partial charge in [0.15, 0.2) is 0 Å². The summed E-state index contributed by atoms with van der Waals surface area (Å²) in [6.07, 6.45) is -0.547. The van der Waals surface area contributed by atoms with Crippen LogP contribution in [0.3, 0.4) is 0 Å². The zero-order valence-corrected chi connectivity index (χ0v) is 10.4. The molecule has 0 heterocycles. The first-order valence-electron chi connectivity index (χ1n) is 5.90. The molecule has 0 atom stereocenters. The lowest BCUT2D eigenvalue weighted by Gasteiger charge is -2.10. The summed E-state index contributed by atoms with van der Waals surface area (Å²) in [6.45, 7) is 2.00. The maximum Gasteiger partial charge on any atom is 0.511 e. The fourth-order valence-corrected chi connectivity index (χ4v) is 1.84. The Balaban J connectivity index is 2.51. The van der Waals surface area contributed by atoms with Gasteiger partial charge in [0.1, 0.15) is 11.6 Å². The number of hydrogen-bond acceptors (Lipinski definition) is 2. The van der Waals surface area contributed by atoms with Crippen LogP contribution in [0.5, 0.6) is 5.75 Å². The summed E-state index contributed by atoms with van der Waals surface area (Å²) in [4.78, 5) is 10.7. The van der Waals surface area contributed by atoms with E-state index in [1.54, 1.807) is 18.2 Å².